The van der Waals surface area contributed by atoms with E-state index in [4.69, 9.17) is 0 Å². The van der Waals surface area contributed by atoms with Gasteiger partial charge in [-0.3, -0.25) is 19.0 Å². The Bertz CT molecular complexity index is 1130. The predicted molar refractivity (Wildman–Crippen MR) is 107 cm³/mol. The van der Waals surface area contributed by atoms with Crippen LogP contribution in [-0.2, 0) is 0 Å². The number of rotatable bonds is 5. The zero-order valence-electron chi connectivity index (χ0n) is 15.4. The highest BCUT2D eigenvalue weighted by molar-refractivity contribution is 6.04. The van der Waals surface area contributed by atoms with Crippen molar-refractivity contribution in [2.45, 2.75) is 18.9 Å². The molecule has 2 amide bonds. The van der Waals surface area contributed by atoms with E-state index < -0.39 is 17.3 Å². The lowest BCUT2D eigenvalue weighted by atomic mass is 10.2. The van der Waals surface area contributed by atoms with Crippen LogP contribution in [-0.4, -0.2) is 22.4 Å². The Balaban J connectivity index is 1.53. The zero-order chi connectivity index (χ0) is 20.4. The van der Waals surface area contributed by atoms with Crippen LogP contribution in [0, 0.1) is 5.82 Å². The quantitative estimate of drug-likeness (QED) is 0.701. The van der Waals surface area contributed by atoms with E-state index in [0.29, 0.717) is 11.4 Å². The van der Waals surface area contributed by atoms with Crippen molar-refractivity contribution in [1.82, 2.24) is 9.88 Å². The van der Waals surface area contributed by atoms with Gasteiger partial charge in [-0.25, -0.2) is 4.39 Å². The van der Waals surface area contributed by atoms with E-state index in [0.717, 1.165) is 12.8 Å². The van der Waals surface area contributed by atoms with Crippen LogP contribution in [0.4, 0.5) is 10.1 Å². The Hall–Kier alpha value is -3.74. The summed E-state index contributed by atoms with van der Waals surface area (Å²) in [5.41, 5.74) is 0.602. The minimum absolute atomic E-state index is 0.0535. The Morgan fingerprint density at radius 2 is 1.59 bits per heavy atom. The third-order valence-electron chi connectivity index (χ3n) is 4.63. The maximum atomic E-state index is 13.7. The maximum Gasteiger partial charge on any atom is 0.267 e. The molecule has 6 nitrogen and oxygen atoms in total. The van der Waals surface area contributed by atoms with Crippen LogP contribution in [0.25, 0.3) is 5.69 Å². The van der Waals surface area contributed by atoms with Crippen LogP contribution in [0.15, 0.2) is 71.7 Å². The first-order valence-corrected chi connectivity index (χ1v) is 9.22. The summed E-state index contributed by atoms with van der Waals surface area (Å²) in [6.45, 7) is 0. The second-order valence-electron chi connectivity index (χ2n) is 6.83. The third kappa shape index (κ3) is 4.08. The highest BCUT2D eigenvalue weighted by atomic mass is 19.1. The molecule has 1 aliphatic rings. The summed E-state index contributed by atoms with van der Waals surface area (Å²) in [6, 6.07) is 15.5. The minimum atomic E-state index is -0.602. The molecule has 0 aliphatic heterocycles. The van der Waals surface area contributed by atoms with Gasteiger partial charge in [-0.1, -0.05) is 12.1 Å². The van der Waals surface area contributed by atoms with E-state index in [1.807, 2.05) is 0 Å². The minimum Gasteiger partial charge on any atom is -0.349 e. The molecule has 0 spiro atoms. The molecule has 0 radical (unpaired) electrons. The van der Waals surface area contributed by atoms with E-state index in [-0.39, 0.29) is 23.1 Å². The Morgan fingerprint density at radius 1 is 0.897 bits per heavy atom. The summed E-state index contributed by atoms with van der Waals surface area (Å²) >= 11 is 0. The fraction of sp³-hybridized carbons (Fsp3) is 0.136. The fourth-order valence-electron chi connectivity index (χ4n) is 2.91. The van der Waals surface area contributed by atoms with Gasteiger partial charge in [0.25, 0.3) is 17.4 Å². The second kappa shape index (κ2) is 7.71. The molecule has 3 aromatic rings. The van der Waals surface area contributed by atoms with Crippen LogP contribution >= 0.6 is 0 Å². The van der Waals surface area contributed by atoms with Crippen LogP contribution in [0.2, 0.25) is 0 Å². The van der Waals surface area contributed by atoms with E-state index in [9.17, 15) is 18.8 Å². The molecule has 2 aromatic carbocycles. The van der Waals surface area contributed by atoms with Gasteiger partial charge in [0.15, 0.2) is 0 Å². The van der Waals surface area contributed by atoms with Crippen LogP contribution < -0.4 is 16.2 Å². The molecule has 146 valence electrons. The molecule has 0 bridgehead atoms. The van der Waals surface area contributed by atoms with E-state index >= 15 is 0 Å². The van der Waals surface area contributed by atoms with Crippen LogP contribution in [0.5, 0.6) is 0 Å². The van der Waals surface area contributed by atoms with Gasteiger partial charge in [0.05, 0.1) is 5.56 Å². The molecule has 0 unspecified atom stereocenters. The molecular weight excluding hydrogens is 373 g/mol. The van der Waals surface area contributed by atoms with Crippen molar-refractivity contribution in [3.63, 3.8) is 0 Å². The fourth-order valence-corrected chi connectivity index (χ4v) is 2.91. The molecule has 4 rings (SSSR count). The number of amides is 2. The number of carbonyl (C=O) groups is 2. The monoisotopic (exact) mass is 391 g/mol. The first kappa shape index (κ1) is 18.6. The van der Waals surface area contributed by atoms with Gasteiger partial charge in [-0.05, 0) is 61.4 Å². The molecule has 29 heavy (non-hydrogen) atoms. The van der Waals surface area contributed by atoms with Crippen molar-refractivity contribution < 1.29 is 14.0 Å². The summed E-state index contributed by atoms with van der Waals surface area (Å²) < 4.78 is 15.1. The van der Waals surface area contributed by atoms with Crippen LogP contribution in [0.1, 0.15) is 33.6 Å². The van der Waals surface area contributed by atoms with Crippen molar-refractivity contribution in [3.05, 3.63) is 94.2 Å². The van der Waals surface area contributed by atoms with Crippen molar-refractivity contribution in [1.29, 1.82) is 0 Å². The lowest BCUT2D eigenvalue weighted by molar-refractivity contribution is 0.0948. The number of anilines is 1. The highest BCUT2D eigenvalue weighted by Gasteiger charge is 2.25. The van der Waals surface area contributed by atoms with E-state index in [1.54, 1.807) is 42.6 Å². The van der Waals surface area contributed by atoms with Gasteiger partial charge in [-0.2, -0.15) is 0 Å². The smallest absolute Gasteiger partial charge is 0.267 e. The van der Waals surface area contributed by atoms with Gasteiger partial charge in [0.2, 0.25) is 0 Å². The largest absolute Gasteiger partial charge is 0.349 e. The summed E-state index contributed by atoms with van der Waals surface area (Å²) in [7, 11) is 0. The average Bonchev–Trinajstić information content (AvgIpc) is 3.53. The number of carbonyl (C=O) groups excluding carboxylic acids is 2. The van der Waals surface area contributed by atoms with Gasteiger partial charge in [0, 0.05) is 23.6 Å². The topological polar surface area (TPSA) is 80.2 Å². The number of benzene rings is 2. The van der Waals surface area contributed by atoms with Crippen LogP contribution in [0.3, 0.4) is 0 Å². The van der Waals surface area contributed by atoms with E-state index in [2.05, 4.69) is 10.6 Å². The molecule has 1 aromatic heterocycles. The molecule has 1 aliphatic carbocycles. The predicted octanol–water partition coefficient (Wildman–Crippen LogP) is 3.12. The van der Waals surface area contributed by atoms with Gasteiger partial charge in [-0.15, -0.1) is 0 Å². The number of aromatic nitrogens is 1. The standard InChI is InChI=1S/C22H18FN3O3/c23-19-6-2-1-4-17(19)20(27)24-15-9-11-16(12-10-15)26-13-3-5-18(22(26)29)21(28)25-14-7-8-14/h1-6,9-14H,7-8H2,(H,24,27)(H,25,28). The Kier molecular flexibility index (Phi) is 4.95. The number of hydrogen-bond acceptors (Lipinski definition) is 3. The SMILES string of the molecule is O=C(Nc1ccc(-n2cccc(C(=O)NC3CC3)c2=O)cc1)c1ccccc1F. The molecule has 2 N–H and O–H groups in total. The van der Waals surface area contributed by atoms with Gasteiger partial charge < -0.3 is 10.6 Å². The van der Waals surface area contributed by atoms with Crippen molar-refractivity contribution in [3.8, 4) is 5.69 Å². The summed E-state index contributed by atoms with van der Waals surface area (Å²) in [5, 5.41) is 5.43. The maximum absolute atomic E-state index is 13.7. The number of nitrogens with one attached hydrogen (secondary N) is 2. The zero-order valence-corrected chi connectivity index (χ0v) is 15.4. The van der Waals surface area contributed by atoms with E-state index in [1.165, 1.54) is 28.8 Å². The Labute approximate surface area is 166 Å². The first-order valence-electron chi connectivity index (χ1n) is 9.22. The molecular formula is C22H18FN3O3. The first-order chi connectivity index (χ1) is 14.0. The Morgan fingerprint density at radius 3 is 2.28 bits per heavy atom. The summed E-state index contributed by atoms with van der Waals surface area (Å²) in [5.74, 6) is -1.54. The van der Waals surface area contributed by atoms with Crippen molar-refractivity contribution in [2.75, 3.05) is 5.32 Å². The molecule has 1 heterocycles. The number of nitrogens with zero attached hydrogens (tertiary/aromatic N) is 1. The molecule has 1 saturated carbocycles. The summed E-state index contributed by atoms with van der Waals surface area (Å²) in [6.07, 6.45) is 3.45. The molecule has 1 fully saturated rings. The third-order valence-corrected chi connectivity index (χ3v) is 4.63. The van der Waals surface area contributed by atoms with Gasteiger partial charge >= 0.3 is 0 Å². The molecule has 0 atom stereocenters. The molecule has 0 saturated heterocycles. The lowest BCUT2D eigenvalue weighted by Gasteiger charge is -2.10. The normalized spacial score (nSPS) is 13.0. The second-order valence-corrected chi connectivity index (χ2v) is 6.83. The average molecular weight is 391 g/mol. The number of hydrogen-bond donors (Lipinski definition) is 2. The van der Waals surface area contributed by atoms with Gasteiger partial charge in [0.1, 0.15) is 11.4 Å². The highest BCUT2D eigenvalue weighted by Crippen LogP contribution is 2.19. The number of halogens is 1. The lowest BCUT2D eigenvalue weighted by Crippen LogP contribution is -2.33. The summed E-state index contributed by atoms with van der Waals surface area (Å²) in [4.78, 5) is 37.1. The van der Waals surface area contributed by atoms with Crippen molar-refractivity contribution in [2.24, 2.45) is 0 Å². The van der Waals surface area contributed by atoms with Crippen molar-refractivity contribution >= 4 is 17.5 Å². The number of pyridine rings is 1. The molecule has 7 heteroatoms.